The van der Waals surface area contributed by atoms with Crippen LogP contribution in [0, 0.1) is 16.7 Å². The lowest BCUT2D eigenvalue weighted by molar-refractivity contribution is -0.119. The van der Waals surface area contributed by atoms with Gasteiger partial charge in [0, 0.05) is 11.6 Å². The van der Waals surface area contributed by atoms with Gasteiger partial charge in [-0.05, 0) is 24.6 Å². The predicted molar refractivity (Wildman–Crippen MR) is 93.9 cm³/mol. The van der Waals surface area contributed by atoms with E-state index in [1.54, 1.807) is 25.1 Å². The van der Waals surface area contributed by atoms with E-state index in [1.807, 2.05) is 6.07 Å². The first-order valence-electron chi connectivity index (χ1n) is 7.14. The third kappa shape index (κ3) is 5.76. The number of carbonyl (C=O) groups is 2. The van der Waals surface area contributed by atoms with Crippen molar-refractivity contribution in [3.8, 4) is 6.07 Å². The van der Waals surface area contributed by atoms with E-state index < -0.39 is 29.5 Å². The van der Waals surface area contributed by atoms with Gasteiger partial charge in [0.15, 0.2) is 0 Å². The molecule has 0 saturated heterocycles. The second-order valence-corrected chi connectivity index (χ2v) is 4.85. The smallest absolute Gasteiger partial charge is 0.268 e. The number of nitrogens with zero attached hydrogens (tertiary/aromatic N) is 3. The van der Waals surface area contributed by atoms with Crippen molar-refractivity contribution in [2.45, 2.75) is 19.4 Å². The van der Waals surface area contributed by atoms with E-state index in [2.05, 4.69) is 15.6 Å². The van der Waals surface area contributed by atoms with E-state index >= 15 is 0 Å². The highest BCUT2D eigenvalue weighted by Crippen LogP contribution is 2.10. The number of guanidine groups is 1. The summed E-state index contributed by atoms with van der Waals surface area (Å²) in [5, 5.41) is 31.4. The molecule has 130 valence electrons. The summed E-state index contributed by atoms with van der Waals surface area (Å²) in [4.78, 5) is 26.1. The van der Waals surface area contributed by atoms with Crippen LogP contribution in [-0.2, 0) is 9.59 Å². The van der Waals surface area contributed by atoms with Crippen LogP contribution in [0.2, 0.25) is 0 Å². The Balaban J connectivity index is 3.09. The zero-order valence-corrected chi connectivity index (χ0v) is 13.4. The molecule has 0 unspecified atom stereocenters. The summed E-state index contributed by atoms with van der Waals surface area (Å²) in [5.41, 5.74) is 10.2. The first-order chi connectivity index (χ1) is 11.8. The maximum Gasteiger partial charge on any atom is 0.268 e. The number of primary amides is 2. The molecule has 0 heterocycles. The number of nitrogens with one attached hydrogen (secondary N) is 3. The van der Waals surface area contributed by atoms with Crippen LogP contribution in [0.4, 0.5) is 5.69 Å². The van der Waals surface area contributed by atoms with Gasteiger partial charge in [0.25, 0.3) is 5.91 Å². The quantitative estimate of drug-likeness (QED) is 0.348. The van der Waals surface area contributed by atoms with E-state index in [0.29, 0.717) is 11.3 Å². The number of benzene rings is 1. The number of hydrogen-bond donors (Lipinski definition) is 5. The molecule has 1 atom stereocenters. The first-order valence-corrected chi connectivity index (χ1v) is 7.14. The molecular formula is C15H17N8O2-. The molecule has 1 rings (SSSR count). The predicted octanol–water partition coefficient (Wildman–Crippen LogP) is -0.347. The summed E-state index contributed by atoms with van der Waals surface area (Å²) in [7, 11) is 0. The van der Waals surface area contributed by atoms with E-state index in [-0.39, 0.29) is 12.3 Å². The molecule has 0 bridgehead atoms. The van der Waals surface area contributed by atoms with Crippen LogP contribution in [-0.4, -0.2) is 35.4 Å². The molecule has 0 aliphatic carbocycles. The average Bonchev–Trinajstić information content (AvgIpc) is 2.58. The molecule has 0 aromatic heterocycles. The fourth-order valence-electron chi connectivity index (χ4n) is 1.73. The zero-order valence-electron chi connectivity index (χ0n) is 13.4. The van der Waals surface area contributed by atoms with Gasteiger partial charge in [0.2, 0.25) is 5.91 Å². The van der Waals surface area contributed by atoms with Crippen molar-refractivity contribution in [3.63, 3.8) is 0 Å². The van der Waals surface area contributed by atoms with E-state index in [4.69, 9.17) is 22.1 Å². The summed E-state index contributed by atoms with van der Waals surface area (Å²) in [6, 6.07) is 7.21. The van der Waals surface area contributed by atoms with Crippen LogP contribution in [0.5, 0.6) is 0 Å². The largest absolute Gasteiger partial charge is 0.428 e. The molecule has 0 radical (unpaired) electrons. The number of amides is 2. The average molecular weight is 341 g/mol. The molecule has 7 N–H and O–H groups in total. The highest BCUT2D eigenvalue weighted by Gasteiger charge is 2.13. The molecule has 2 amide bonds. The number of rotatable bonds is 6. The molecule has 0 aliphatic heterocycles. The molecule has 25 heavy (non-hydrogen) atoms. The number of aliphatic imine (C=N–C) groups is 1. The molecule has 0 saturated carbocycles. The standard InChI is InChI=1S/C15H17N8O2/c1-2-10(12(18)24)22-15(20)23-14(11(17)13(19)25)21-9-5-3-4-8(6-9)7-16/h3-6,10,17H,2H2,1H3,(H6-,18,19,20,21,22,23,24,25)/q-1/t10-/m1/s1. The van der Waals surface area contributed by atoms with Gasteiger partial charge in [-0.2, -0.15) is 5.26 Å². The number of nitrogens with two attached hydrogens (primary N) is 2. The van der Waals surface area contributed by atoms with Gasteiger partial charge in [0.1, 0.15) is 5.71 Å². The van der Waals surface area contributed by atoms with Crippen LogP contribution >= 0.6 is 0 Å². The fourth-order valence-corrected chi connectivity index (χ4v) is 1.73. The molecule has 10 nitrogen and oxygen atoms in total. The third-order valence-electron chi connectivity index (χ3n) is 3.01. The summed E-state index contributed by atoms with van der Waals surface area (Å²) in [6.45, 7) is 1.66. The minimum absolute atomic E-state index is 0.287. The Kier molecular flexibility index (Phi) is 6.78. The van der Waals surface area contributed by atoms with Gasteiger partial charge in [-0.15, -0.1) is 0 Å². The van der Waals surface area contributed by atoms with Crippen molar-refractivity contribution in [1.82, 2.24) is 5.32 Å². The van der Waals surface area contributed by atoms with Gasteiger partial charge in [-0.1, -0.05) is 13.0 Å². The maximum absolute atomic E-state index is 11.3. The monoisotopic (exact) mass is 341 g/mol. The first kappa shape index (κ1) is 19.3. The van der Waals surface area contributed by atoms with Crippen LogP contribution in [0.25, 0.3) is 5.41 Å². The topological polar surface area (TPSA) is 193 Å². The lowest BCUT2D eigenvalue weighted by atomic mass is 10.2. The van der Waals surface area contributed by atoms with Crippen LogP contribution in [0.15, 0.2) is 29.3 Å². The van der Waals surface area contributed by atoms with Crippen molar-refractivity contribution >= 4 is 35.0 Å². The van der Waals surface area contributed by atoms with Gasteiger partial charge >= 0.3 is 0 Å². The highest BCUT2D eigenvalue weighted by molar-refractivity contribution is 6.67. The molecule has 0 fully saturated rings. The van der Waals surface area contributed by atoms with Crippen LogP contribution < -0.4 is 22.1 Å². The Labute approximate surface area is 143 Å². The van der Waals surface area contributed by atoms with E-state index in [0.717, 1.165) is 0 Å². The molecule has 0 aliphatic rings. The van der Waals surface area contributed by atoms with Gasteiger partial charge < -0.3 is 32.5 Å². The highest BCUT2D eigenvalue weighted by atomic mass is 16.1. The van der Waals surface area contributed by atoms with Crippen molar-refractivity contribution < 1.29 is 9.59 Å². The van der Waals surface area contributed by atoms with Gasteiger partial charge in [-0.3, -0.25) is 15.0 Å². The zero-order chi connectivity index (χ0) is 19.0. The molecule has 1 aromatic carbocycles. The second kappa shape index (κ2) is 8.78. The summed E-state index contributed by atoms with van der Waals surface area (Å²) in [6.07, 6.45) is 0.287. The molecular weight excluding hydrogens is 324 g/mol. The normalized spacial score (nSPS) is 11.8. The Morgan fingerprint density at radius 2 is 2.12 bits per heavy atom. The van der Waals surface area contributed by atoms with Crippen molar-refractivity contribution in [2.75, 3.05) is 5.32 Å². The van der Waals surface area contributed by atoms with Gasteiger partial charge in [-0.25, -0.2) is 0 Å². The van der Waals surface area contributed by atoms with Crippen molar-refractivity contribution in [1.29, 1.82) is 10.7 Å². The molecule has 0 spiro atoms. The van der Waals surface area contributed by atoms with E-state index in [1.165, 1.54) is 6.07 Å². The Morgan fingerprint density at radius 1 is 1.44 bits per heavy atom. The van der Waals surface area contributed by atoms with E-state index in [9.17, 15) is 15.0 Å². The Hall–Kier alpha value is -3.74. The lowest BCUT2D eigenvalue weighted by Gasteiger charge is -2.21. The molecule has 1 aromatic rings. The second-order valence-electron chi connectivity index (χ2n) is 4.85. The Morgan fingerprint density at radius 3 is 2.64 bits per heavy atom. The number of hydrogen-bond acceptors (Lipinski definition) is 4. The van der Waals surface area contributed by atoms with Crippen LogP contribution in [0.3, 0.4) is 0 Å². The number of carbonyl (C=O) groups excluding carboxylic acids is 2. The summed E-state index contributed by atoms with van der Waals surface area (Å²) < 4.78 is 0. The minimum Gasteiger partial charge on any atom is -0.428 e. The van der Waals surface area contributed by atoms with Crippen molar-refractivity contribution in [2.24, 2.45) is 16.5 Å². The third-order valence-corrected chi connectivity index (χ3v) is 3.01. The van der Waals surface area contributed by atoms with Crippen molar-refractivity contribution in [3.05, 3.63) is 35.2 Å². The number of nitriles is 1. The lowest BCUT2D eigenvalue weighted by Crippen LogP contribution is -2.44. The number of anilines is 1. The fraction of sp³-hybridized carbons (Fsp3) is 0.200. The number of amidine groups is 1. The maximum atomic E-state index is 11.3. The van der Waals surface area contributed by atoms with Gasteiger partial charge in [0.05, 0.1) is 23.5 Å². The molecule has 10 heteroatoms. The minimum atomic E-state index is -1.09. The SMILES string of the molecule is CC[C@@H](NC(=[N-])N=C(Nc1cccc(C#N)c1)C(=N)C(N)=O)C(N)=O. The Bertz CT molecular complexity index is 778. The summed E-state index contributed by atoms with van der Waals surface area (Å²) in [5.74, 6) is -2.88. The van der Waals surface area contributed by atoms with Crippen LogP contribution in [0.1, 0.15) is 18.9 Å². The summed E-state index contributed by atoms with van der Waals surface area (Å²) >= 11 is 0.